The van der Waals surface area contributed by atoms with Crippen LogP contribution in [0.1, 0.15) is 23.5 Å². The van der Waals surface area contributed by atoms with E-state index >= 15 is 0 Å². The zero-order valence-corrected chi connectivity index (χ0v) is 13.5. The molecule has 3 aliphatic rings. The van der Waals surface area contributed by atoms with Gasteiger partial charge in [0.2, 0.25) is 5.91 Å². The van der Waals surface area contributed by atoms with Gasteiger partial charge in [-0.15, -0.1) is 12.4 Å². The van der Waals surface area contributed by atoms with Crippen molar-refractivity contribution in [1.29, 1.82) is 0 Å². The normalized spacial score (nSPS) is 32.6. The Labute approximate surface area is 136 Å². The van der Waals surface area contributed by atoms with Gasteiger partial charge in [0.05, 0.1) is 0 Å². The first-order valence-corrected chi connectivity index (χ1v) is 8.66. The molecule has 114 valence electrons. The fraction of sp³-hybridized carbons (Fsp3) is 0.562. The highest BCUT2D eigenvalue weighted by Crippen LogP contribution is 2.56. The van der Waals surface area contributed by atoms with Crippen molar-refractivity contribution in [3.05, 3.63) is 35.4 Å². The van der Waals surface area contributed by atoms with Gasteiger partial charge in [-0.2, -0.15) is 11.8 Å². The maximum Gasteiger partial charge on any atom is 0.221 e. The molecule has 1 aromatic carbocycles. The first kappa shape index (κ1) is 15.2. The number of carbonyl (C=O) groups is 1. The van der Waals surface area contributed by atoms with E-state index in [1.165, 1.54) is 16.9 Å². The van der Waals surface area contributed by atoms with Gasteiger partial charge >= 0.3 is 0 Å². The quantitative estimate of drug-likeness (QED) is 0.893. The van der Waals surface area contributed by atoms with Crippen LogP contribution in [0, 0.1) is 5.92 Å². The van der Waals surface area contributed by atoms with Crippen LogP contribution in [0.5, 0.6) is 0 Å². The highest BCUT2D eigenvalue weighted by molar-refractivity contribution is 7.99. The molecule has 21 heavy (non-hydrogen) atoms. The van der Waals surface area contributed by atoms with E-state index in [-0.39, 0.29) is 18.3 Å². The number of fused-ring (bicyclic) bond motifs is 3. The smallest absolute Gasteiger partial charge is 0.221 e. The summed E-state index contributed by atoms with van der Waals surface area (Å²) in [6.07, 6.45) is 1.77. The maximum absolute atomic E-state index is 12.1. The van der Waals surface area contributed by atoms with Gasteiger partial charge in [-0.1, -0.05) is 24.3 Å². The molecule has 1 saturated carbocycles. The molecule has 0 spiro atoms. The Morgan fingerprint density at radius 3 is 3.05 bits per heavy atom. The minimum Gasteiger partial charge on any atom is -0.352 e. The van der Waals surface area contributed by atoms with Crippen LogP contribution in [0.3, 0.4) is 0 Å². The summed E-state index contributed by atoms with van der Waals surface area (Å²) in [7, 11) is 0. The lowest BCUT2D eigenvalue weighted by Crippen LogP contribution is -2.42. The van der Waals surface area contributed by atoms with Crippen molar-refractivity contribution in [2.45, 2.75) is 30.8 Å². The van der Waals surface area contributed by atoms with Crippen LogP contribution in [0.2, 0.25) is 0 Å². The molecule has 4 unspecified atom stereocenters. The Balaban J connectivity index is 0.00000132. The molecule has 0 radical (unpaired) electrons. The van der Waals surface area contributed by atoms with Gasteiger partial charge in [-0.25, -0.2) is 0 Å². The number of hydrogen-bond acceptors (Lipinski definition) is 3. The standard InChI is InChI=1S/C16H20N2OS.ClH/c19-14(8-11-9-20-6-5-17-11)18-16-13-7-10-3-1-2-4-12(10)15(13)16;/h1-4,11,13,15-17H,5-9H2,(H,18,19);1H. The first-order valence-electron chi connectivity index (χ1n) is 7.51. The molecule has 0 bridgehead atoms. The minimum atomic E-state index is 0. The number of halogens is 1. The van der Waals surface area contributed by atoms with Crippen LogP contribution < -0.4 is 10.6 Å². The second-order valence-corrected chi connectivity index (χ2v) is 7.27. The van der Waals surface area contributed by atoms with Crippen molar-refractivity contribution < 1.29 is 4.79 Å². The lowest BCUT2D eigenvalue weighted by Gasteiger charge is -2.22. The third-order valence-electron chi connectivity index (χ3n) is 4.80. The van der Waals surface area contributed by atoms with Crippen LogP contribution in [0.25, 0.3) is 0 Å². The second kappa shape index (κ2) is 6.19. The molecule has 2 aliphatic carbocycles. The van der Waals surface area contributed by atoms with E-state index < -0.39 is 0 Å². The summed E-state index contributed by atoms with van der Waals surface area (Å²) in [4.78, 5) is 12.1. The van der Waals surface area contributed by atoms with E-state index in [4.69, 9.17) is 0 Å². The van der Waals surface area contributed by atoms with Gasteiger partial charge in [0.1, 0.15) is 0 Å². The van der Waals surface area contributed by atoms with Crippen molar-refractivity contribution in [2.75, 3.05) is 18.1 Å². The van der Waals surface area contributed by atoms with Crippen LogP contribution >= 0.6 is 24.2 Å². The van der Waals surface area contributed by atoms with Crippen LogP contribution in [-0.2, 0) is 11.2 Å². The van der Waals surface area contributed by atoms with Gasteiger partial charge in [0.15, 0.2) is 0 Å². The van der Waals surface area contributed by atoms with E-state index in [0.29, 0.717) is 30.3 Å². The van der Waals surface area contributed by atoms with Crippen molar-refractivity contribution in [2.24, 2.45) is 5.92 Å². The van der Waals surface area contributed by atoms with Crippen molar-refractivity contribution >= 4 is 30.1 Å². The van der Waals surface area contributed by atoms with E-state index in [1.807, 2.05) is 11.8 Å². The average Bonchev–Trinajstić information content (AvgIpc) is 2.97. The molecule has 1 amide bonds. The molecule has 1 aromatic rings. The van der Waals surface area contributed by atoms with Gasteiger partial charge in [-0.05, 0) is 23.5 Å². The maximum atomic E-state index is 12.1. The lowest BCUT2D eigenvalue weighted by molar-refractivity contribution is -0.121. The number of amides is 1. The molecule has 1 saturated heterocycles. The van der Waals surface area contributed by atoms with E-state index in [1.54, 1.807) is 0 Å². The Morgan fingerprint density at radius 2 is 2.24 bits per heavy atom. The van der Waals surface area contributed by atoms with Crippen LogP contribution in [-0.4, -0.2) is 36.0 Å². The van der Waals surface area contributed by atoms with Gasteiger partial charge in [-0.3, -0.25) is 4.79 Å². The highest BCUT2D eigenvalue weighted by Gasteiger charge is 2.56. The fourth-order valence-corrected chi connectivity index (χ4v) is 4.72. The van der Waals surface area contributed by atoms with E-state index in [9.17, 15) is 4.79 Å². The third kappa shape index (κ3) is 2.94. The number of thioether (sulfide) groups is 1. The average molecular weight is 325 g/mol. The molecule has 1 heterocycles. The predicted octanol–water partition coefficient (Wildman–Crippen LogP) is 1.96. The molecular formula is C16H21ClN2OS. The summed E-state index contributed by atoms with van der Waals surface area (Å²) in [6.45, 7) is 1.03. The monoisotopic (exact) mass is 324 g/mol. The number of benzene rings is 1. The zero-order valence-electron chi connectivity index (χ0n) is 11.9. The Morgan fingerprint density at radius 1 is 1.38 bits per heavy atom. The van der Waals surface area contributed by atoms with Crippen molar-refractivity contribution in [1.82, 2.24) is 10.6 Å². The molecular weight excluding hydrogens is 304 g/mol. The van der Waals surface area contributed by atoms with Crippen LogP contribution in [0.15, 0.2) is 24.3 Å². The Hall–Kier alpha value is -0.710. The zero-order chi connectivity index (χ0) is 13.5. The SMILES string of the molecule is Cl.O=C(CC1CSCCN1)NC1C2Cc3ccccc3C21. The topological polar surface area (TPSA) is 41.1 Å². The lowest BCUT2D eigenvalue weighted by atomic mass is 10.1. The summed E-state index contributed by atoms with van der Waals surface area (Å²) in [5.74, 6) is 3.70. The van der Waals surface area contributed by atoms with Gasteiger partial charge in [0, 0.05) is 42.5 Å². The molecule has 1 aliphatic heterocycles. The Bertz CT molecular complexity index is 533. The second-order valence-electron chi connectivity index (χ2n) is 6.12. The molecule has 3 nitrogen and oxygen atoms in total. The Kier molecular flexibility index (Phi) is 4.48. The number of carbonyl (C=O) groups excluding carboxylic acids is 1. The van der Waals surface area contributed by atoms with Crippen molar-refractivity contribution in [3.8, 4) is 0 Å². The summed E-state index contributed by atoms with van der Waals surface area (Å²) in [5, 5.41) is 6.68. The van der Waals surface area contributed by atoms with Gasteiger partial charge < -0.3 is 10.6 Å². The fourth-order valence-electron chi connectivity index (χ4n) is 3.77. The highest BCUT2D eigenvalue weighted by atomic mass is 35.5. The molecule has 5 heteroatoms. The predicted molar refractivity (Wildman–Crippen MR) is 89.3 cm³/mol. The minimum absolute atomic E-state index is 0. The van der Waals surface area contributed by atoms with E-state index in [2.05, 4.69) is 34.9 Å². The molecule has 4 atom stereocenters. The summed E-state index contributed by atoms with van der Waals surface area (Å²) < 4.78 is 0. The number of hydrogen-bond donors (Lipinski definition) is 2. The first-order chi connectivity index (χ1) is 9.83. The van der Waals surface area contributed by atoms with E-state index in [0.717, 1.165) is 18.7 Å². The van der Waals surface area contributed by atoms with Crippen molar-refractivity contribution in [3.63, 3.8) is 0 Å². The molecule has 2 fully saturated rings. The summed E-state index contributed by atoms with van der Waals surface area (Å²) in [6, 6.07) is 9.44. The summed E-state index contributed by atoms with van der Waals surface area (Å²) in [5.41, 5.74) is 2.95. The number of nitrogens with one attached hydrogen (secondary N) is 2. The van der Waals surface area contributed by atoms with Crippen LogP contribution in [0.4, 0.5) is 0 Å². The molecule has 4 rings (SSSR count). The molecule has 2 N–H and O–H groups in total. The summed E-state index contributed by atoms with van der Waals surface area (Å²) >= 11 is 1.94. The largest absolute Gasteiger partial charge is 0.352 e. The van der Waals surface area contributed by atoms with Gasteiger partial charge in [0.25, 0.3) is 0 Å². The third-order valence-corrected chi connectivity index (χ3v) is 5.93. The number of rotatable bonds is 3. The molecule has 0 aromatic heterocycles.